The lowest BCUT2D eigenvalue weighted by Crippen LogP contribution is -2.60. The summed E-state index contributed by atoms with van der Waals surface area (Å²) in [6.45, 7) is 16.8. The Kier molecular flexibility index (Phi) is 9.59. The molecule has 0 N–H and O–H groups in total. The molecule has 2 fully saturated rings. The van der Waals surface area contributed by atoms with E-state index >= 15 is 0 Å². The number of hydrogen-bond donors (Lipinski definition) is 0. The molecule has 2 aromatic carbocycles. The Morgan fingerprint density at radius 1 is 1.02 bits per heavy atom. The summed E-state index contributed by atoms with van der Waals surface area (Å²) in [5, 5.41) is 5.09. The van der Waals surface area contributed by atoms with Gasteiger partial charge in [-0.2, -0.15) is 5.10 Å². The van der Waals surface area contributed by atoms with Crippen molar-refractivity contribution in [2.24, 2.45) is 0 Å². The molecule has 0 aliphatic carbocycles. The normalized spacial score (nSPS) is 19.5. The van der Waals surface area contributed by atoms with E-state index in [1.165, 1.54) is 0 Å². The summed E-state index contributed by atoms with van der Waals surface area (Å²) in [4.78, 5) is 29.2. The highest BCUT2D eigenvalue weighted by molar-refractivity contribution is 6.76. The van der Waals surface area contributed by atoms with Crippen LogP contribution >= 0.6 is 11.6 Å². The Hall–Kier alpha value is -4.04. The number of ether oxygens (including phenoxy) is 4. The highest BCUT2D eigenvalue weighted by Gasteiger charge is 2.44. The standard InChI is InChI=1S/C37H46ClN7O5Si/c1-23-41-29-9-8-28(16-32(29)43(23)22-47-12-13-51(5,6)7)49-33-11-10-30-35(34(33)38)42-31(18-39-30)24-17-40-44(19-24)25-14-26-20-48-21-27(15-25)45(26)36(46)50-37(2,3)4/h8-11,16-19,25-27H,12-15,20-22H2,1-7H3. The molecule has 2 atom stereocenters. The minimum atomic E-state index is -1.18. The summed E-state index contributed by atoms with van der Waals surface area (Å²) in [7, 11) is -1.18. The first-order chi connectivity index (χ1) is 24.2. The number of fused-ring (bicyclic) bond motifs is 4. The molecular formula is C37H46ClN7O5Si. The summed E-state index contributed by atoms with van der Waals surface area (Å²) in [6.07, 6.45) is 6.66. The number of morpholine rings is 1. The largest absolute Gasteiger partial charge is 0.456 e. The van der Waals surface area contributed by atoms with Crippen molar-refractivity contribution in [2.45, 2.75) is 96.7 Å². The van der Waals surface area contributed by atoms with Crippen molar-refractivity contribution in [3.05, 3.63) is 59.8 Å². The Balaban J connectivity index is 1.08. The van der Waals surface area contributed by atoms with Gasteiger partial charge < -0.3 is 23.5 Å². The Labute approximate surface area is 304 Å². The van der Waals surface area contributed by atoms with Crippen molar-refractivity contribution < 1.29 is 23.7 Å². The fourth-order valence-electron chi connectivity index (χ4n) is 6.74. The summed E-state index contributed by atoms with van der Waals surface area (Å²) >= 11 is 6.95. The number of imidazole rings is 1. The molecule has 5 aromatic rings. The summed E-state index contributed by atoms with van der Waals surface area (Å²) in [6, 6.07) is 10.5. The lowest BCUT2D eigenvalue weighted by molar-refractivity contribution is -0.0886. The average molecular weight is 732 g/mol. The number of amides is 1. The van der Waals surface area contributed by atoms with Crippen LogP contribution in [0.25, 0.3) is 33.3 Å². The monoisotopic (exact) mass is 731 g/mol. The van der Waals surface area contributed by atoms with Crippen molar-refractivity contribution in [3.63, 3.8) is 0 Å². The lowest BCUT2D eigenvalue weighted by Gasteiger charge is -2.48. The number of piperidine rings is 1. The molecule has 5 heterocycles. The molecular weight excluding hydrogens is 686 g/mol. The maximum absolute atomic E-state index is 13.0. The molecule has 14 heteroatoms. The molecule has 3 aromatic heterocycles. The third kappa shape index (κ3) is 7.76. The van der Waals surface area contributed by atoms with Gasteiger partial charge in [-0.3, -0.25) is 14.6 Å². The third-order valence-corrected chi connectivity index (χ3v) is 11.4. The fourth-order valence-corrected chi connectivity index (χ4v) is 7.74. The number of carbonyl (C=O) groups is 1. The first-order valence-corrected chi connectivity index (χ1v) is 21.6. The van der Waals surface area contributed by atoms with Crippen molar-refractivity contribution >= 4 is 47.8 Å². The molecule has 0 saturated carbocycles. The van der Waals surface area contributed by atoms with E-state index in [0.29, 0.717) is 66.0 Å². The van der Waals surface area contributed by atoms with Crippen molar-refractivity contribution in [1.82, 2.24) is 34.2 Å². The average Bonchev–Trinajstić information content (AvgIpc) is 3.67. The number of nitrogens with zero attached hydrogens (tertiary/aromatic N) is 7. The smallest absolute Gasteiger partial charge is 0.410 e. The van der Waals surface area contributed by atoms with E-state index in [1.54, 1.807) is 12.4 Å². The van der Waals surface area contributed by atoms with Gasteiger partial charge in [-0.25, -0.2) is 14.8 Å². The van der Waals surface area contributed by atoms with Crippen LogP contribution in [0.1, 0.15) is 45.5 Å². The first-order valence-electron chi connectivity index (χ1n) is 17.5. The van der Waals surface area contributed by atoms with E-state index in [2.05, 4.69) is 29.2 Å². The van der Waals surface area contributed by atoms with Gasteiger partial charge in [0.25, 0.3) is 0 Å². The number of carbonyl (C=O) groups excluding carboxylic acids is 1. The van der Waals surface area contributed by atoms with Gasteiger partial charge in [0.1, 0.15) is 40.2 Å². The highest BCUT2D eigenvalue weighted by atomic mass is 35.5. The quantitative estimate of drug-likeness (QED) is 0.109. The van der Waals surface area contributed by atoms with Crippen LogP contribution in [0.15, 0.2) is 48.9 Å². The van der Waals surface area contributed by atoms with Gasteiger partial charge in [-0.15, -0.1) is 0 Å². The van der Waals surface area contributed by atoms with E-state index in [1.807, 2.05) is 73.8 Å². The van der Waals surface area contributed by atoms with Gasteiger partial charge in [0, 0.05) is 32.5 Å². The van der Waals surface area contributed by atoms with Crippen LogP contribution in [0.5, 0.6) is 11.5 Å². The van der Waals surface area contributed by atoms with Crippen LogP contribution in [-0.2, 0) is 20.9 Å². The maximum Gasteiger partial charge on any atom is 0.410 e. The van der Waals surface area contributed by atoms with E-state index < -0.39 is 13.7 Å². The number of rotatable bonds is 9. The van der Waals surface area contributed by atoms with Crippen molar-refractivity contribution in [3.8, 4) is 22.8 Å². The number of aryl methyl sites for hydroxylation is 1. The fraction of sp³-hybridized carbons (Fsp3) is 0.486. The van der Waals surface area contributed by atoms with Crippen molar-refractivity contribution in [1.29, 1.82) is 0 Å². The van der Waals surface area contributed by atoms with Gasteiger partial charge in [-0.1, -0.05) is 31.2 Å². The van der Waals surface area contributed by atoms with E-state index in [4.69, 9.17) is 45.6 Å². The molecule has 270 valence electrons. The van der Waals surface area contributed by atoms with Gasteiger partial charge >= 0.3 is 6.09 Å². The molecule has 2 bridgehead atoms. The number of benzene rings is 2. The number of aromatic nitrogens is 6. The van der Waals surface area contributed by atoms with Crippen LogP contribution in [-0.4, -0.2) is 85.9 Å². The van der Waals surface area contributed by atoms with Crippen molar-refractivity contribution in [2.75, 3.05) is 19.8 Å². The second kappa shape index (κ2) is 13.8. The zero-order valence-corrected chi connectivity index (χ0v) is 32.1. The molecule has 0 radical (unpaired) electrons. The minimum Gasteiger partial charge on any atom is -0.456 e. The molecule has 1 amide bonds. The molecule has 0 spiro atoms. The SMILES string of the molecule is Cc1nc2ccc(Oc3ccc4ncc(-c5cnn(C6CC7COCC(C6)N7C(=O)OC(C)(C)C)c5)nc4c3Cl)cc2n1COCC[Si](C)(C)C. The minimum absolute atomic E-state index is 0.0823. The molecule has 2 aliphatic rings. The molecule has 2 saturated heterocycles. The van der Waals surface area contributed by atoms with Gasteiger partial charge in [0.05, 0.1) is 66.0 Å². The van der Waals surface area contributed by atoms with Crippen LogP contribution < -0.4 is 4.74 Å². The molecule has 2 unspecified atom stereocenters. The van der Waals surface area contributed by atoms with E-state index in [9.17, 15) is 4.79 Å². The topological polar surface area (TPSA) is 119 Å². The predicted octanol–water partition coefficient (Wildman–Crippen LogP) is 8.25. The van der Waals surface area contributed by atoms with Crippen LogP contribution in [0.4, 0.5) is 4.79 Å². The second-order valence-electron chi connectivity index (χ2n) is 15.8. The maximum atomic E-state index is 13.0. The summed E-state index contributed by atoms with van der Waals surface area (Å²) in [5.41, 5.74) is 3.91. The van der Waals surface area contributed by atoms with E-state index in [0.717, 1.165) is 35.1 Å². The second-order valence-corrected chi connectivity index (χ2v) is 21.8. The van der Waals surface area contributed by atoms with Gasteiger partial charge in [0.15, 0.2) is 0 Å². The molecule has 12 nitrogen and oxygen atoms in total. The highest BCUT2D eigenvalue weighted by Crippen LogP contribution is 2.38. The zero-order chi connectivity index (χ0) is 36.1. The number of halogens is 1. The molecule has 51 heavy (non-hydrogen) atoms. The number of hydrogen-bond acceptors (Lipinski definition) is 9. The Morgan fingerprint density at radius 3 is 2.49 bits per heavy atom. The molecule has 7 rings (SSSR count). The van der Waals surface area contributed by atoms with Crippen LogP contribution in [0.3, 0.4) is 0 Å². The third-order valence-electron chi connectivity index (χ3n) is 9.34. The predicted molar refractivity (Wildman–Crippen MR) is 199 cm³/mol. The van der Waals surface area contributed by atoms with E-state index in [-0.39, 0.29) is 24.2 Å². The molecule has 2 aliphatic heterocycles. The van der Waals surface area contributed by atoms with Gasteiger partial charge in [0.2, 0.25) is 0 Å². The van der Waals surface area contributed by atoms with Gasteiger partial charge in [-0.05, 0) is 70.8 Å². The summed E-state index contributed by atoms with van der Waals surface area (Å²) < 4.78 is 28.0. The summed E-state index contributed by atoms with van der Waals surface area (Å²) in [5.74, 6) is 1.99. The first kappa shape index (κ1) is 35.4. The zero-order valence-electron chi connectivity index (χ0n) is 30.4. The van der Waals surface area contributed by atoms with Crippen LogP contribution in [0.2, 0.25) is 30.7 Å². The lowest BCUT2D eigenvalue weighted by atomic mass is 9.90. The Morgan fingerprint density at radius 2 is 1.76 bits per heavy atom. The Bertz CT molecular complexity index is 2060. The van der Waals surface area contributed by atoms with Crippen LogP contribution in [0, 0.1) is 6.92 Å².